The highest BCUT2D eigenvalue weighted by Crippen LogP contribution is 2.21. The number of carbonyl (C=O) groups excluding carboxylic acids is 1. The molecule has 27 heavy (non-hydrogen) atoms. The maximum atomic E-state index is 12.6. The average molecular weight is 405 g/mol. The van der Waals surface area contributed by atoms with Crippen molar-refractivity contribution in [1.82, 2.24) is 14.9 Å². The summed E-state index contributed by atoms with van der Waals surface area (Å²) in [6.45, 7) is 0.942. The Bertz CT molecular complexity index is 1020. The minimum absolute atomic E-state index is 0.0576. The second-order valence-electron chi connectivity index (χ2n) is 5.66. The number of benzene rings is 2. The fraction of sp³-hybridized carbons (Fsp3) is 0.111. The first-order valence-corrected chi connectivity index (χ1v) is 9.93. The number of nitrogens with one attached hydrogen (secondary N) is 2. The molecule has 0 aliphatic heterocycles. The number of nitrogens with zero attached hydrogens (tertiary/aromatic N) is 2. The molecule has 3 aromatic rings. The lowest BCUT2D eigenvalue weighted by Crippen LogP contribution is -2.28. The van der Waals surface area contributed by atoms with Gasteiger partial charge >= 0.3 is 0 Å². The van der Waals surface area contributed by atoms with Gasteiger partial charge in [-0.15, -0.1) is 0 Å². The Kier molecular flexibility index (Phi) is 5.78. The molecule has 2 N–H and O–H groups in total. The summed E-state index contributed by atoms with van der Waals surface area (Å²) in [6.07, 6.45) is 5.10. The van der Waals surface area contributed by atoms with E-state index in [9.17, 15) is 13.2 Å². The van der Waals surface area contributed by atoms with E-state index < -0.39 is 10.0 Å². The average Bonchev–Trinajstić information content (AvgIpc) is 3.15. The summed E-state index contributed by atoms with van der Waals surface area (Å²) in [6, 6.07) is 12.2. The van der Waals surface area contributed by atoms with Crippen LogP contribution in [0, 0.1) is 0 Å². The van der Waals surface area contributed by atoms with Crippen molar-refractivity contribution in [1.29, 1.82) is 0 Å². The van der Waals surface area contributed by atoms with Crippen LogP contribution in [0.5, 0.6) is 0 Å². The van der Waals surface area contributed by atoms with Crippen LogP contribution in [-0.4, -0.2) is 30.4 Å². The summed E-state index contributed by atoms with van der Waals surface area (Å²) >= 11 is 5.80. The molecule has 140 valence electrons. The van der Waals surface area contributed by atoms with Gasteiger partial charge in [0, 0.05) is 30.5 Å². The Morgan fingerprint density at radius 2 is 1.85 bits per heavy atom. The van der Waals surface area contributed by atoms with Crippen molar-refractivity contribution in [2.75, 3.05) is 11.3 Å². The minimum Gasteiger partial charge on any atom is -0.350 e. The molecule has 0 saturated carbocycles. The van der Waals surface area contributed by atoms with Crippen LogP contribution in [0.25, 0.3) is 0 Å². The van der Waals surface area contributed by atoms with Gasteiger partial charge in [-0.1, -0.05) is 23.7 Å². The topological polar surface area (TPSA) is 93.1 Å². The molecule has 3 rings (SSSR count). The number of para-hydroxylation sites is 1. The van der Waals surface area contributed by atoms with E-state index in [2.05, 4.69) is 15.0 Å². The zero-order valence-corrected chi connectivity index (χ0v) is 15.7. The molecule has 0 unspecified atom stereocenters. The molecule has 0 atom stereocenters. The van der Waals surface area contributed by atoms with E-state index in [1.54, 1.807) is 36.9 Å². The predicted octanol–water partition coefficient (Wildman–Crippen LogP) is 2.77. The van der Waals surface area contributed by atoms with Gasteiger partial charge in [0.15, 0.2) is 0 Å². The van der Waals surface area contributed by atoms with Crippen LogP contribution in [0.1, 0.15) is 10.4 Å². The third-order valence-electron chi connectivity index (χ3n) is 3.75. The number of aromatic nitrogens is 2. The number of hydrogen-bond acceptors (Lipinski definition) is 4. The van der Waals surface area contributed by atoms with Gasteiger partial charge in [0.1, 0.15) is 0 Å². The van der Waals surface area contributed by atoms with E-state index in [0.717, 1.165) is 0 Å². The van der Waals surface area contributed by atoms with Crippen molar-refractivity contribution < 1.29 is 13.2 Å². The van der Waals surface area contributed by atoms with E-state index in [-0.39, 0.29) is 22.1 Å². The van der Waals surface area contributed by atoms with Gasteiger partial charge in [0.05, 0.1) is 22.5 Å². The van der Waals surface area contributed by atoms with E-state index in [4.69, 9.17) is 11.6 Å². The van der Waals surface area contributed by atoms with E-state index in [1.807, 2.05) is 4.57 Å². The van der Waals surface area contributed by atoms with Crippen molar-refractivity contribution in [2.45, 2.75) is 11.4 Å². The van der Waals surface area contributed by atoms with Crippen LogP contribution < -0.4 is 10.0 Å². The smallest absolute Gasteiger partial charge is 0.261 e. The van der Waals surface area contributed by atoms with Crippen LogP contribution in [0.15, 0.2) is 72.1 Å². The van der Waals surface area contributed by atoms with Gasteiger partial charge in [-0.25, -0.2) is 13.4 Å². The molecule has 0 fully saturated rings. The zero-order chi connectivity index (χ0) is 19.3. The Morgan fingerprint density at radius 1 is 1.11 bits per heavy atom. The van der Waals surface area contributed by atoms with Gasteiger partial charge in [-0.05, 0) is 36.4 Å². The molecule has 1 heterocycles. The maximum Gasteiger partial charge on any atom is 0.261 e. The fourth-order valence-electron chi connectivity index (χ4n) is 2.40. The lowest BCUT2D eigenvalue weighted by molar-refractivity contribution is 0.0953. The van der Waals surface area contributed by atoms with Crippen LogP contribution in [-0.2, 0) is 16.6 Å². The molecular formula is C18H17ClN4O3S. The van der Waals surface area contributed by atoms with Gasteiger partial charge < -0.3 is 9.88 Å². The molecule has 0 aliphatic carbocycles. The molecule has 2 aromatic carbocycles. The van der Waals surface area contributed by atoms with Crippen LogP contribution >= 0.6 is 11.6 Å². The van der Waals surface area contributed by atoms with Crippen LogP contribution in [0.4, 0.5) is 5.69 Å². The molecule has 0 radical (unpaired) electrons. The zero-order valence-electron chi connectivity index (χ0n) is 14.2. The number of imidazole rings is 1. The third-order valence-corrected chi connectivity index (χ3v) is 5.39. The Labute approximate surface area is 162 Å². The van der Waals surface area contributed by atoms with Gasteiger partial charge in [0.25, 0.3) is 15.9 Å². The number of sulfonamides is 1. The summed E-state index contributed by atoms with van der Waals surface area (Å²) in [4.78, 5) is 16.5. The Hall–Kier alpha value is -2.84. The lowest BCUT2D eigenvalue weighted by Gasteiger charge is -2.13. The number of rotatable bonds is 7. The third kappa shape index (κ3) is 4.87. The second kappa shape index (κ2) is 8.24. The van der Waals surface area contributed by atoms with Gasteiger partial charge in [-0.2, -0.15) is 0 Å². The highest BCUT2D eigenvalue weighted by molar-refractivity contribution is 7.92. The number of hydrogen-bond donors (Lipinski definition) is 2. The number of carbonyl (C=O) groups is 1. The van der Waals surface area contributed by atoms with Crippen molar-refractivity contribution in [2.24, 2.45) is 0 Å². The van der Waals surface area contributed by atoms with Crippen molar-refractivity contribution >= 4 is 33.2 Å². The Balaban J connectivity index is 1.73. The molecule has 0 saturated heterocycles. The first kappa shape index (κ1) is 18.9. The monoisotopic (exact) mass is 404 g/mol. The summed E-state index contributed by atoms with van der Waals surface area (Å²) in [5.74, 6) is -0.371. The molecule has 9 heteroatoms. The number of halogens is 1. The molecule has 0 aliphatic rings. The molecule has 7 nitrogen and oxygen atoms in total. The summed E-state index contributed by atoms with van der Waals surface area (Å²) in [7, 11) is -3.84. The standard InChI is InChI=1S/C18H17ClN4O3S/c19-14-5-7-15(8-6-14)27(25,26)22-17-4-2-1-3-16(17)18(24)21-10-12-23-11-9-20-13-23/h1-9,11,13,22H,10,12H2,(H,21,24). The molecular weight excluding hydrogens is 388 g/mol. The molecule has 0 spiro atoms. The first-order chi connectivity index (χ1) is 13.0. The van der Waals surface area contributed by atoms with Crippen LogP contribution in [0.3, 0.4) is 0 Å². The van der Waals surface area contributed by atoms with E-state index >= 15 is 0 Å². The largest absolute Gasteiger partial charge is 0.350 e. The van der Waals surface area contributed by atoms with Crippen molar-refractivity contribution in [3.8, 4) is 0 Å². The highest BCUT2D eigenvalue weighted by atomic mass is 35.5. The normalized spacial score (nSPS) is 11.1. The van der Waals surface area contributed by atoms with Crippen molar-refractivity contribution in [3.05, 3.63) is 77.8 Å². The summed E-state index contributed by atoms with van der Waals surface area (Å²) in [5.41, 5.74) is 0.438. The highest BCUT2D eigenvalue weighted by Gasteiger charge is 2.18. The van der Waals surface area contributed by atoms with Crippen molar-refractivity contribution in [3.63, 3.8) is 0 Å². The first-order valence-electron chi connectivity index (χ1n) is 8.07. The predicted molar refractivity (Wildman–Crippen MR) is 103 cm³/mol. The van der Waals surface area contributed by atoms with Crippen LogP contribution in [0.2, 0.25) is 5.02 Å². The fourth-order valence-corrected chi connectivity index (χ4v) is 3.61. The lowest BCUT2D eigenvalue weighted by atomic mass is 10.1. The number of amides is 1. The molecule has 1 amide bonds. The molecule has 0 bridgehead atoms. The number of anilines is 1. The quantitative estimate of drug-likeness (QED) is 0.633. The second-order valence-corrected chi connectivity index (χ2v) is 7.78. The van der Waals surface area contributed by atoms with Gasteiger partial charge in [-0.3, -0.25) is 9.52 Å². The molecule has 1 aromatic heterocycles. The minimum atomic E-state index is -3.84. The van der Waals surface area contributed by atoms with E-state index in [1.165, 1.54) is 30.3 Å². The SMILES string of the molecule is O=C(NCCn1ccnc1)c1ccccc1NS(=O)(=O)c1ccc(Cl)cc1. The van der Waals surface area contributed by atoms with Gasteiger partial charge in [0.2, 0.25) is 0 Å². The summed E-state index contributed by atoms with van der Waals surface area (Å²) in [5, 5.41) is 3.21. The maximum absolute atomic E-state index is 12.6. The summed E-state index contributed by atoms with van der Waals surface area (Å²) < 4.78 is 29.4. The van der Waals surface area contributed by atoms with E-state index in [0.29, 0.717) is 18.1 Å². The Morgan fingerprint density at radius 3 is 2.56 bits per heavy atom.